The minimum Gasteiger partial charge on any atom is -0.287 e. The molecule has 2 aromatic carbocycles. The molecule has 3 heterocycles. The summed E-state index contributed by atoms with van der Waals surface area (Å²) in [5.74, 6) is -0.0472. The number of hydrazone groups is 1. The molecule has 0 aliphatic carbocycles. The van der Waals surface area contributed by atoms with Crippen molar-refractivity contribution in [3.05, 3.63) is 71.2 Å². The Kier molecular flexibility index (Phi) is 4.54. The van der Waals surface area contributed by atoms with Gasteiger partial charge in [0.1, 0.15) is 10.9 Å². The number of nitriles is 1. The maximum Gasteiger partial charge on any atom is 0.235 e. The monoisotopic (exact) mass is 425 g/mol. The highest BCUT2D eigenvalue weighted by Crippen LogP contribution is 2.28. The molecule has 0 bridgehead atoms. The van der Waals surface area contributed by atoms with E-state index < -0.39 is 5.78 Å². The zero-order valence-corrected chi connectivity index (χ0v) is 17.1. The minimum absolute atomic E-state index is 0.249. The van der Waals surface area contributed by atoms with E-state index in [1.165, 1.54) is 11.3 Å². The Morgan fingerprint density at radius 3 is 2.77 bits per heavy atom. The van der Waals surface area contributed by atoms with Crippen LogP contribution >= 0.6 is 11.3 Å². The molecule has 0 aliphatic heterocycles. The van der Waals surface area contributed by atoms with Gasteiger partial charge in [-0.25, -0.2) is 4.98 Å². The first-order valence-corrected chi connectivity index (χ1v) is 10.2. The second-order valence-corrected chi connectivity index (χ2v) is 7.76. The number of H-pyrrole nitrogens is 1. The van der Waals surface area contributed by atoms with Gasteiger partial charge in [0.15, 0.2) is 10.8 Å². The average molecular weight is 425 g/mol. The fourth-order valence-electron chi connectivity index (χ4n) is 3.37. The lowest BCUT2D eigenvalue weighted by Gasteiger charge is -1.99. The number of aromatic amines is 1. The highest BCUT2D eigenvalue weighted by molar-refractivity contribution is 7.20. The number of ketones is 1. The molecule has 0 saturated heterocycles. The number of thiazole rings is 1. The van der Waals surface area contributed by atoms with Gasteiger partial charge in [-0.3, -0.25) is 19.7 Å². The number of aromatic nitrogens is 4. The van der Waals surface area contributed by atoms with Crippen LogP contribution < -0.4 is 5.43 Å². The number of hydrogen-bond acceptors (Lipinski definition) is 7. The first-order chi connectivity index (χ1) is 15.2. The standard InChI is InChI=1S/C22H15N7OS/c1-13-21(31-22-24-15-9-5-6-10-18(15)29(13)22)20(30)17(12-23)26-28-19-11-16(25-27-19)14-7-3-2-4-8-14/h2-11H,1H3,(H2,25,27,28). The van der Waals surface area contributed by atoms with Gasteiger partial charge in [-0.2, -0.15) is 15.5 Å². The number of imidazole rings is 1. The third-order valence-electron chi connectivity index (χ3n) is 4.86. The van der Waals surface area contributed by atoms with Crippen molar-refractivity contribution in [3.8, 4) is 17.3 Å². The summed E-state index contributed by atoms with van der Waals surface area (Å²) < 4.78 is 1.93. The molecule has 8 nitrogen and oxygen atoms in total. The van der Waals surface area contributed by atoms with E-state index in [0.717, 1.165) is 28.0 Å². The third-order valence-corrected chi connectivity index (χ3v) is 6.00. The number of rotatable bonds is 5. The van der Waals surface area contributed by atoms with Gasteiger partial charge in [-0.15, -0.1) is 0 Å². The van der Waals surface area contributed by atoms with Crippen LogP contribution in [-0.2, 0) is 0 Å². The SMILES string of the molecule is Cc1c(C(=O)C(C#N)=NNc2cc(-c3ccccc3)[nH]n2)sc2nc3ccccc3n12. The van der Waals surface area contributed by atoms with Gasteiger partial charge in [0.25, 0.3) is 0 Å². The Morgan fingerprint density at radius 1 is 1.19 bits per heavy atom. The molecule has 0 saturated carbocycles. The largest absolute Gasteiger partial charge is 0.287 e. The number of aryl methyl sites for hydroxylation is 1. The molecule has 2 N–H and O–H groups in total. The molecule has 0 atom stereocenters. The van der Waals surface area contributed by atoms with Gasteiger partial charge in [-0.1, -0.05) is 53.8 Å². The van der Waals surface area contributed by atoms with Gasteiger partial charge in [0, 0.05) is 11.8 Å². The van der Waals surface area contributed by atoms with Crippen LogP contribution in [0.5, 0.6) is 0 Å². The summed E-state index contributed by atoms with van der Waals surface area (Å²) in [4.78, 5) is 18.7. The van der Waals surface area contributed by atoms with E-state index in [1.807, 2.05) is 72.0 Å². The van der Waals surface area contributed by atoms with Gasteiger partial charge < -0.3 is 0 Å². The lowest BCUT2D eigenvalue weighted by atomic mass is 10.2. The molecular formula is C22H15N7OS. The van der Waals surface area contributed by atoms with E-state index in [4.69, 9.17) is 0 Å². The molecule has 0 fully saturated rings. The van der Waals surface area contributed by atoms with Gasteiger partial charge in [0.2, 0.25) is 11.5 Å². The van der Waals surface area contributed by atoms with Crippen LogP contribution in [0.3, 0.4) is 0 Å². The summed E-state index contributed by atoms with van der Waals surface area (Å²) in [7, 11) is 0. The number of carbonyl (C=O) groups is 1. The Bertz CT molecular complexity index is 1500. The van der Waals surface area contributed by atoms with Crippen LogP contribution in [0, 0.1) is 18.3 Å². The van der Waals surface area contributed by atoms with Gasteiger partial charge >= 0.3 is 0 Å². The number of nitrogens with one attached hydrogen (secondary N) is 2. The first-order valence-electron chi connectivity index (χ1n) is 9.41. The van der Waals surface area contributed by atoms with Crippen molar-refractivity contribution in [1.82, 2.24) is 19.6 Å². The van der Waals surface area contributed by atoms with E-state index in [9.17, 15) is 10.1 Å². The molecule has 31 heavy (non-hydrogen) atoms. The van der Waals surface area contributed by atoms with E-state index in [2.05, 4.69) is 25.7 Å². The van der Waals surface area contributed by atoms with E-state index >= 15 is 0 Å². The van der Waals surface area contributed by atoms with Crippen molar-refractivity contribution >= 4 is 44.6 Å². The smallest absolute Gasteiger partial charge is 0.235 e. The number of Topliss-reactive ketones (excluding diaryl/α,β-unsaturated/α-hetero) is 1. The average Bonchev–Trinajstić information content (AvgIpc) is 3.49. The highest BCUT2D eigenvalue weighted by atomic mass is 32.1. The van der Waals surface area contributed by atoms with Crippen molar-refractivity contribution in [1.29, 1.82) is 5.26 Å². The molecule has 0 aliphatic rings. The summed E-state index contributed by atoms with van der Waals surface area (Å²) in [6.45, 7) is 1.84. The third kappa shape index (κ3) is 3.25. The summed E-state index contributed by atoms with van der Waals surface area (Å²) in [5, 5.41) is 20.6. The fraction of sp³-hybridized carbons (Fsp3) is 0.0455. The molecule has 9 heteroatoms. The number of carbonyl (C=O) groups excluding carboxylic acids is 1. The van der Waals surface area contributed by atoms with Gasteiger partial charge in [0.05, 0.1) is 16.7 Å². The number of benzene rings is 2. The molecule has 3 aromatic heterocycles. The van der Waals surface area contributed by atoms with Gasteiger partial charge in [-0.05, 0) is 24.6 Å². The summed E-state index contributed by atoms with van der Waals surface area (Å²) in [5.41, 5.74) is 6.72. The number of nitrogens with zero attached hydrogens (tertiary/aromatic N) is 5. The molecule has 0 unspecified atom stereocenters. The van der Waals surface area contributed by atoms with E-state index in [0.29, 0.717) is 15.7 Å². The fourth-order valence-corrected chi connectivity index (χ4v) is 4.45. The van der Waals surface area contributed by atoms with Crippen LogP contribution in [0.1, 0.15) is 15.4 Å². The maximum atomic E-state index is 13.0. The number of hydrogen-bond donors (Lipinski definition) is 2. The Morgan fingerprint density at radius 2 is 1.97 bits per heavy atom. The zero-order chi connectivity index (χ0) is 21.4. The second kappa shape index (κ2) is 7.51. The topological polar surface area (TPSA) is 111 Å². The predicted octanol–water partition coefficient (Wildman–Crippen LogP) is 4.42. The Labute approximate surface area is 180 Å². The number of para-hydroxylation sites is 2. The van der Waals surface area contributed by atoms with Crippen LogP contribution in [0.2, 0.25) is 0 Å². The lowest BCUT2D eigenvalue weighted by Crippen LogP contribution is -2.14. The van der Waals surface area contributed by atoms with E-state index in [1.54, 1.807) is 6.07 Å². The minimum atomic E-state index is -0.453. The summed E-state index contributed by atoms with van der Waals surface area (Å²) in [6, 6.07) is 21.1. The van der Waals surface area contributed by atoms with E-state index in [-0.39, 0.29) is 5.71 Å². The lowest BCUT2D eigenvalue weighted by molar-refractivity contribution is 0.107. The molecule has 0 spiro atoms. The molecule has 0 radical (unpaired) electrons. The molecule has 5 rings (SSSR count). The quantitative estimate of drug-likeness (QED) is 0.246. The maximum absolute atomic E-state index is 13.0. The Balaban J connectivity index is 1.43. The number of fused-ring (bicyclic) bond motifs is 3. The van der Waals surface area contributed by atoms with Crippen LogP contribution in [-0.4, -0.2) is 31.1 Å². The first kappa shape index (κ1) is 18.7. The summed E-state index contributed by atoms with van der Waals surface area (Å²) in [6.07, 6.45) is 0. The Hall–Kier alpha value is -4.29. The van der Waals surface area contributed by atoms with Crippen LogP contribution in [0.15, 0.2) is 65.8 Å². The van der Waals surface area contributed by atoms with Crippen LogP contribution in [0.4, 0.5) is 5.82 Å². The normalized spacial score (nSPS) is 11.7. The highest BCUT2D eigenvalue weighted by Gasteiger charge is 2.23. The molecular weight excluding hydrogens is 410 g/mol. The summed E-state index contributed by atoms with van der Waals surface area (Å²) >= 11 is 1.25. The molecule has 0 amide bonds. The van der Waals surface area contributed by atoms with Crippen molar-refractivity contribution in [3.63, 3.8) is 0 Å². The number of anilines is 1. The zero-order valence-electron chi connectivity index (χ0n) is 16.3. The molecule has 150 valence electrons. The molecule has 5 aromatic rings. The van der Waals surface area contributed by atoms with Crippen molar-refractivity contribution in [2.24, 2.45) is 5.10 Å². The van der Waals surface area contributed by atoms with Crippen molar-refractivity contribution < 1.29 is 4.79 Å². The van der Waals surface area contributed by atoms with Crippen molar-refractivity contribution in [2.45, 2.75) is 6.92 Å². The predicted molar refractivity (Wildman–Crippen MR) is 120 cm³/mol. The van der Waals surface area contributed by atoms with Crippen LogP contribution in [0.25, 0.3) is 27.3 Å². The van der Waals surface area contributed by atoms with Crippen molar-refractivity contribution in [2.75, 3.05) is 5.43 Å². The second-order valence-electron chi connectivity index (χ2n) is 6.78.